The van der Waals surface area contributed by atoms with Crippen molar-refractivity contribution < 1.29 is 9.32 Å². The van der Waals surface area contributed by atoms with Crippen LogP contribution in [0.3, 0.4) is 0 Å². The maximum absolute atomic E-state index is 12.1. The molecule has 1 aliphatic rings. The lowest BCUT2D eigenvalue weighted by Gasteiger charge is -2.25. The molecule has 0 bridgehead atoms. The average molecular weight is 256 g/mol. The van der Waals surface area contributed by atoms with Crippen molar-refractivity contribution in [3.8, 4) is 0 Å². The highest BCUT2D eigenvalue weighted by molar-refractivity contribution is 5.91. The molecule has 98 valence electrons. The van der Waals surface area contributed by atoms with Crippen molar-refractivity contribution in [2.75, 3.05) is 0 Å². The van der Waals surface area contributed by atoms with Crippen LogP contribution in [-0.4, -0.2) is 11.1 Å². The van der Waals surface area contributed by atoms with E-state index in [4.69, 9.17) is 4.52 Å². The molecule has 1 aromatic heterocycles. The number of hydrogen-bond donors (Lipinski definition) is 1. The minimum absolute atomic E-state index is 0.0721. The summed E-state index contributed by atoms with van der Waals surface area (Å²) in [6.45, 7) is 1.80. The molecular weight excluding hydrogens is 240 g/mol. The Labute approximate surface area is 111 Å². The molecule has 0 spiro atoms. The van der Waals surface area contributed by atoms with Crippen LogP contribution in [0.2, 0.25) is 0 Å². The van der Waals surface area contributed by atoms with E-state index in [-0.39, 0.29) is 17.7 Å². The molecule has 0 radical (unpaired) electrons. The van der Waals surface area contributed by atoms with Gasteiger partial charge in [-0.1, -0.05) is 29.4 Å². The molecule has 1 atom stereocenters. The second kappa shape index (κ2) is 4.88. The first kappa shape index (κ1) is 12.0. The van der Waals surface area contributed by atoms with E-state index in [9.17, 15) is 4.79 Å². The van der Waals surface area contributed by atoms with Crippen molar-refractivity contribution in [2.24, 2.45) is 0 Å². The summed E-state index contributed by atoms with van der Waals surface area (Å²) in [6.07, 6.45) is 3.15. The zero-order valence-electron chi connectivity index (χ0n) is 10.8. The second-order valence-corrected chi connectivity index (χ2v) is 4.95. The summed E-state index contributed by atoms with van der Waals surface area (Å²) in [7, 11) is 0. The maximum Gasteiger partial charge on any atom is 0.290 e. The molecule has 1 heterocycles. The first-order valence-electron chi connectivity index (χ1n) is 6.56. The molecule has 0 aliphatic heterocycles. The predicted octanol–water partition coefficient (Wildman–Crippen LogP) is 2.79. The van der Waals surface area contributed by atoms with Crippen molar-refractivity contribution in [1.29, 1.82) is 0 Å². The van der Waals surface area contributed by atoms with Crippen LogP contribution in [0, 0.1) is 6.92 Å². The van der Waals surface area contributed by atoms with Crippen molar-refractivity contribution in [3.63, 3.8) is 0 Å². The van der Waals surface area contributed by atoms with Gasteiger partial charge in [-0.15, -0.1) is 0 Å². The fraction of sp³-hybridized carbons (Fsp3) is 0.333. The van der Waals surface area contributed by atoms with Crippen LogP contribution in [0.5, 0.6) is 0 Å². The first-order chi connectivity index (χ1) is 9.24. The van der Waals surface area contributed by atoms with Gasteiger partial charge in [0.2, 0.25) is 5.76 Å². The molecule has 4 heteroatoms. The highest BCUT2D eigenvalue weighted by Gasteiger charge is 2.23. The van der Waals surface area contributed by atoms with E-state index in [2.05, 4.69) is 22.6 Å². The lowest BCUT2D eigenvalue weighted by atomic mass is 9.88. The van der Waals surface area contributed by atoms with Crippen molar-refractivity contribution in [2.45, 2.75) is 32.2 Å². The highest BCUT2D eigenvalue weighted by Crippen LogP contribution is 2.29. The lowest BCUT2D eigenvalue weighted by Crippen LogP contribution is -2.30. The largest absolute Gasteiger partial charge is 0.351 e. The molecule has 1 amide bonds. The summed E-state index contributed by atoms with van der Waals surface area (Å²) >= 11 is 0. The fourth-order valence-electron chi connectivity index (χ4n) is 2.60. The topological polar surface area (TPSA) is 55.1 Å². The Bertz CT molecular complexity index is 604. The maximum atomic E-state index is 12.1. The van der Waals surface area contributed by atoms with Gasteiger partial charge in [-0.05, 0) is 37.3 Å². The molecule has 0 saturated heterocycles. The number of benzene rings is 1. The molecular formula is C15H16N2O2. The Morgan fingerprint density at radius 2 is 2.26 bits per heavy atom. The molecule has 2 aromatic rings. The van der Waals surface area contributed by atoms with Gasteiger partial charge in [0.05, 0.1) is 11.7 Å². The van der Waals surface area contributed by atoms with Gasteiger partial charge in [0.1, 0.15) is 0 Å². The van der Waals surface area contributed by atoms with Gasteiger partial charge >= 0.3 is 0 Å². The van der Waals surface area contributed by atoms with E-state index in [0.29, 0.717) is 5.69 Å². The number of carbonyl (C=O) groups is 1. The molecule has 19 heavy (non-hydrogen) atoms. The Morgan fingerprint density at radius 1 is 1.42 bits per heavy atom. The van der Waals surface area contributed by atoms with Gasteiger partial charge in [-0.25, -0.2) is 0 Å². The number of amides is 1. The third kappa shape index (κ3) is 2.38. The molecule has 3 rings (SSSR count). The van der Waals surface area contributed by atoms with Crippen molar-refractivity contribution in [1.82, 2.24) is 10.5 Å². The molecule has 0 fully saturated rings. The second-order valence-electron chi connectivity index (χ2n) is 4.95. The summed E-state index contributed by atoms with van der Waals surface area (Å²) in [6, 6.07) is 10.0. The van der Waals surface area contributed by atoms with Crippen LogP contribution in [-0.2, 0) is 6.42 Å². The average Bonchev–Trinajstić information content (AvgIpc) is 2.86. The third-order valence-electron chi connectivity index (χ3n) is 3.53. The van der Waals surface area contributed by atoms with E-state index in [0.717, 1.165) is 19.3 Å². The van der Waals surface area contributed by atoms with Gasteiger partial charge in [0.25, 0.3) is 5.91 Å². The van der Waals surface area contributed by atoms with Gasteiger partial charge in [-0.2, -0.15) is 0 Å². The van der Waals surface area contributed by atoms with Gasteiger partial charge in [0, 0.05) is 6.07 Å². The van der Waals surface area contributed by atoms with Crippen LogP contribution in [0.4, 0.5) is 0 Å². The molecule has 1 aromatic carbocycles. The monoisotopic (exact) mass is 256 g/mol. The summed E-state index contributed by atoms with van der Waals surface area (Å²) in [4.78, 5) is 12.1. The number of nitrogens with zero attached hydrogens (tertiary/aromatic N) is 1. The Balaban J connectivity index is 1.79. The normalized spacial score (nSPS) is 17.8. The number of nitrogens with one attached hydrogen (secondary N) is 1. The van der Waals surface area contributed by atoms with E-state index in [1.54, 1.807) is 13.0 Å². The Morgan fingerprint density at radius 3 is 3.05 bits per heavy atom. The minimum atomic E-state index is -0.192. The summed E-state index contributed by atoms with van der Waals surface area (Å²) in [5.74, 6) is 0.0860. The van der Waals surface area contributed by atoms with Crippen molar-refractivity contribution >= 4 is 5.91 Å². The van der Waals surface area contributed by atoms with E-state index >= 15 is 0 Å². The molecule has 0 unspecified atom stereocenters. The standard InChI is InChI=1S/C15H16N2O2/c1-10-9-14(19-17-10)15(18)16-13-8-4-6-11-5-2-3-7-12(11)13/h2-3,5,7,9,13H,4,6,8H2,1H3,(H,16,18)/t13-/m1/s1. The number of hydrogen-bond acceptors (Lipinski definition) is 3. The van der Waals surface area contributed by atoms with Gasteiger partial charge < -0.3 is 9.84 Å². The smallest absolute Gasteiger partial charge is 0.290 e. The van der Waals surface area contributed by atoms with E-state index < -0.39 is 0 Å². The van der Waals surface area contributed by atoms with Crippen molar-refractivity contribution in [3.05, 3.63) is 52.9 Å². The van der Waals surface area contributed by atoms with Crippen LogP contribution < -0.4 is 5.32 Å². The zero-order chi connectivity index (χ0) is 13.2. The number of aromatic nitrogens is 1. The first-order valence-corrected chi connectivity index (χ1v) is 6.56. The quantitative estimate of drug-likeness (QED) is 0.898. The van der Waals surface area contributed by atoms with Crippen LogP contribution in [0.1, 0.15) is 46.3 Å². The fourth-order valence-corrected chi connectivity index (χ4v) is 2.60. The number of carbonyl (C=O) groups excluding carboxylic acids is 1. The third-order valence-corrected chi connectivity index (χ3v) is 3.53. The van der Waals surface area contributed by atoms with Gasteiger partial charge in [0.15, 0.2) is 0 Å². The summed E-state index contributed by atoms with van der Waals surface area (Å²) < 4.78 is 4.99. The summed E-state index contributed by atoms with van der Waals surface area (Å²) in [5, 5.41) is 6.77. The zero-order valence-corrected chi connectivity index (χ0v) is 10.8. The highest BCUT2D eigenvalue weighted by atomic mass is 16.5. The predicted molar refractivity (Wildman–Crippen MR) is 70.8 cm³/mol. The van der Waals surface area contributed by atoms with Gasteiger partial charge in [-0.3, -0.25) is 4.79 Å². The number of aryl methyl sites for hydroxylation is 2. The molecule has 4 nitrogen and oxygen atoms in total. The number of rotatable bonds is 2. The van der Waals surface area contributed by atoms with Crippen LogP contribution in [0.25, 0.3) is 0 Å². The van der Waals surface area contributed by atoms with Crippen LogP contribution in [0.15, 0.2) is 34.9 Å². The van der Waals surface area contributed by atoms with Crippen LogP contribution >= 0.6 is 0 Å². The van der Waals surface area contributed by atoms with E-state index in [1.807, 2.05) is 12.1 Å². The Kier molecular flexibility index (Phi) is 3.07. The minimum Gasteiger partial charge on any atom is -0.351 e. The lowest BCUT2D eigenvalue weighted by molar-refractivity contribution is 0.0895. The molecule has 1 N–H and O–H groups in total. The van der Waals surface area contributed by atoms with E-state index in [1.165, 1.54) is 11.1 Å². The number of fused-ring (bicyclic) bond motifs is 1. The molecule has 1 aliphatic carbocycles. The molecule has 0 saturated carbocycles. The summed E-state index contributed by atoms with van der Waals surface area (Å²) in [5.41, 5.74) is 3.26. The Hall–Kier alpha value is -2.10. The SMILES string of the molecule is Cc1cc(C(=O)N[C@@H]2CCCc3ccccc32)on1.